The molecule has 3 heteroatoms. The van der Waals surface area contributed by atoms with E-state index in [4.69, 9.17) is 0 Å². The van der Waals surface area contributed by atoms with E-state index in [0.717, 1.165) is 5.56 Å². The third kappa shape index (κ3) is 2.30. The summed E-state index contributed by atoms with van der Waals surface area (Å²) in [5.41, 5.74) is 2.00. The van der Waals surface area contributed by atoms with E-state index in [-0.39, 0.29) is 11.3 Å². The monoisotopic (exact) mass is 240 g/mol. The van der Waals surface area contributed by atoms with Gasteiger partial charge in [-0.3, -0.25) is 4.79 Å². The van der Waals surface area contributed by atoms with Crippen LogP contribution in [0.5, 0.6) is 0 Å². The van der Waals surface area contributed by atoms with Crippen LogP contribution in [0.25, 0.3) is 11.1 Å². The minimum Gasteiger partial charge on any atom is -0.478 e. The molecule has 0 saturated heterocycles. The lowest BCUT2D eigenvalue weighted by molar-refractivity contribution is 0.0697. The first-order valence-corrected chi connectivity index (χ1v) is 5.53. The molecule has 0 fully saturated rings. The summed E-state index contributed by atoms with van der Waals surface area (Å²) in [6.45, 7) is 1.42. The Kier molecular flexibility index (Phi) is 3.24. The first-order valence-electron chi connectivity index (χ1n) is 5.53. The van der Waals surface area contributed by atoms with E-state index in [9.17, 15) is 14.7 Å². The number of carboxylic acids is 1. The van der Waals surface area contributed by atoms with E-state index in [2.05, 4.69) is 0 Å². The molecule has 0 aliphatic rings. The molecular formula is C15H12O3. The van der Waals surface area contributed by atoms with Gasteiger partial charge in [-0.15, -0.1) is 0 Å². The quantitative estimate of drug-likeness (QED) is 0.838. The van der Waals surface area contributed by atoms with Gasteiger partial charge in [-0.25, -0.2) is 4.79 Å². The van der Waals surface area contributed by atoms with Crippen molar-refractivity contribution in [1.29, 1.82) is 0 Å². The fraction of sp³-hybridized carbons (Fsp3) is 0.0667. The standard InChI is InChI=1S/C15H12O3/c1-10(16)12-7-8-13(14(9-12)15(17)18)11-5-3-2-4-6-11/h2-9H,1H3,(H,17,18). The van der Waals surface area contributed by atoms with E-state index >= 15 is 0 Å². The van der Waals surface area contributed by atoms with Crippen molar-refractivity contribution in [2.24, 2.45) is 0 Å². The highest BCUT2D eigenvalue weighted by atomic mass is 16.4. The molecule has 18 heavy (non-hydrogen) atoms. The summed E-state index contributed by atoms with van der Waals surface area (Å²) >= 11 is 0. The maximum absolute atomic E-state index is 11.3. The summed E-state index contributed by atoms with van der Waals surface area (Å²) in [6, 6.07) is 14.0. The van der Waals surface area contributed by atoms with Gasteiger partial charge in [-0.2, -0.15) is 0 Å². The fourth-order valence-corrected chi connectivity index (χ4v) is 1.81. The number of carboxylic acid groups (broad SMARTS) is 1. The van der Waals surface area contributed by atoms with Gasteiger partial charge in [0.1, 0.15) is 0 Å². The summed E-state index contributed by atoms with van der Waals surface area (Å²) in [4.78, 5) is 22.5. The van der Waals surface area contributed by atoms with Gasteiger partial charge in [0.05, 0.1) is 5.56 Å². The van der Waals surface area contributed by atoms with Crippen LogP contribution in [0.4, 0.5) is 0 Å². The smallest absolute Gasteiger partial charge is 0.336 e. The molecule has 0 radical (unpaired) electrons. The number of hydrogen-bond donors (Lipinski definition) is 1. The van der Waals surface area contributed by atoms with Crippen LogP contribution in [0.2, 0.25) is 0 Å². The SMILES string of the molecule is CC(=O)c1ccc(-c2ccccc2)c(C(=O)O)c1. The van der Waals surface area contributed by atoms with Crippen molar-refractivity contribution < 1.29 is 14.7 Å². The molecule has 3 nitrogen and oxygen atoms in total. The van der Waals surface area contributed by atoms with E-state index in [1.165, 1.54) is 13.0 Å². The van der Waals surface area contributed by atoms with Crippen molar-refractivity contribution in [2.75, 3.05) is 0 Å². The predicted octanol–water partition coefficient (Wildman–Crippen LogP) is 3.25. The van der Waals surface area contributed by atoms with Gasteiger partial charge < -0.3 is 5.11 Å². The summed E-state index contributed by atoms with van der Waals surface area (Å²) in [6.07, 6.45) is 0. The Morgan fingerprint density at radius 1 is 1.00 bits per heavy atom. The van der Waals surface area contributed by atoms with Crippen LogP contribution in [0.1, 0.15) is 27.6 Å². The summed E-state index contributed by atoms with van der Waals surface area (Å²) < 4.78 is 0. The lowest BCUT2D eigenvalue weighted by Gasteiger charge is -2.07. The Labute approximate surface area is 105 Å². The Bertz CT molecular complexity index is 600. The number of ketones is 1. The minimum absolute atomic E-state index is 0.142. The predicted molar refractivity (Wildman–Crippen MR) is 68.8 cm³/mol. The van der Waals surface area contributed by atoms with Crippen molar-refractivity contribution in [3.8, 4) is 11.1 Å². The number of benzene rings is 2. The fourth-order valence-electron chi connectivity index (χ4n) is 1.81. The molecule has 0 aliphatic carbocycles. The van der Waals surface area contributed by atoms with Crippen LogP contribution in [-0.4, -0.2) is 16.9 Å². The maximum Gasteiger partial charge on any atom is 0.336 e. The highest BCUT2D eigenvalue weighted by Crippen LogP contribution is 2.24. The molecule has 0 heterocycles. The average molecular weight is 240 g/mol. The Morgan fingerprint density at radius 2 is 1.67 bits per heavy atom. The summed E-state index contributed by atoms with van der Waals surface area (Å²) in [7, 11) is 0. The van der Waals surface area contributed by atoms with Crippen LogP contribution in [0.15, 0.2) is 48.5 Å². The van der Waals surface area contributed by atoms with Crippen LogP contribution in [-0.2, 0) is 0 Å². The number of carbonyl (C=O) groups excluding carboxylic acids is 1. The molecule has 90 valence electrons. The van der Waals surface area contributed by atoms with Crippen molar-refractivity contribution in [1.82, 2.24) is 0 Å². The van der Waals surface area contributed by atoms with Crippen molar-refractivity contribution >= 4 is 11.8 Å². The number of Topliss-reactive ketones (excluding diaryl/α,β-unsaturated/α-hetero) is 1. The van der Waals surface area contributed by atoms with E-state index in [1.807, 2.05) is 30.3 Å². The zero-order valence-corrected chi connectivity index (χ0v) is 9.88. The van der Waals surface area contributed by atoms with Crippen molar-refractivity contribution in [3.05, 3.63) is 59.7 Å². The van der Waals surface area contributed by atoms with Crippen LogP contribution < -0.4 is 0 Å². The van der Waals surface area contributed by atoms with Gasteiger partial charge in [0.15, 0.2) is 5.78 Å². The Hall–Kier alpha value is -2.42. The first-order chi connectivity index (χ1) is 8.59. The van der Waals surface area contributed by atoms with Crippen LogP contribution in [0, 0.1) is 0 Å². The first kappa shape index (κ1) is 12.0. The zero-order chi connectivity index (χ0) is 13.1. The topological polar surface area (TPSA) is 54.4 Å². The molecule has 0 bridgehead atoms. The summed E-state index contributed by atoms with van der Waals surface area (Å²) in [5, 5.41) is 9.22. The molecule has 0 amide bonds. The van der Waals surface area contributed by atoms with Gasteiger partial charge in [0, 0.05) is 5.56 Å². The van der Waals surface area contributed by atoms with Gasteiger partial charge in [0.25, 0.3) is 0 Å². The normalized spacial score (nSPS) is 10.1. The highest BCUT2D eigenvalue weighted by molar-refractivity contribution is 6.01. The molecule has 0 aromatic heterocycles. The second-order valence-electron chi connectivity index (χ2n) is 3.99. The molecule has 2 aromatic rings. The Balaban J connectivity index is 2.61. The number of hydrogen-bond acceptors (Lipinski definition) is 2. The van der Waals surface area contributed by atoms with Gasteiger partial charge in [-0.05, 0) is 24.1 Å². The van der Waals surface area contributed by atoms with E-state index < -0.39 is 5.97 Å². The molecule has 2 aromatic carbocycles. The van der Waals surface area contributed by atoms with E-state index in [0.29, 0.717) is 11.1 Å². The highest BCUT2D eigenvalue weighted by Gasteiger charge is 2.13. The van der Waals surface area contributed by atoms with Crippen LogP contribution in [0.3, 0.4) is 0 Å². The van der Waals surface area contributed by atoms with Gasteiger partial charge >= 0.3 is 5.97 Å². The van der Waals surface area contributed by atoms with Gasteiger partial charge in [0.2, 0.25) is 0 Å². The maximum atomic E-state index is 11.3. The molecule has 0 unspecified atom stereocenters. The lowest BCUT2D eigenvalue weighted by Crippen LogP contribution is -2.03. The van der Waals surface area contributed by atoms with Crippen molar-refractivity contribution in [2.45, 2.75) is 6.92 Å². The number of aromatic carboxylic acids is 1. The molecule has 0 spiro atoms. The summed E-state index contributed by atoms with van der Waals surface area (Å²) in [5.74, 6) is -1.17. The number of carbonyl (C=O) groups is 2. The number of rotatable bonds is 3. The molecule has 0 aliphatic heterocycles. The third-order valence-corrected chi connectivity index (χ3v) is 2.74. The third-order valence-electron chi connectivity index (χ3n) is 2.74. The second kappa shape index (κ2) is 4.84. The zero-order valence-electron chi connectivity index (χ0n) is 9.88. The van der Waals surface area contributed by atoms with Gasteiger partial charge in [-0.1, -0.05) is 42.5 Å². The van der Waals surface area contributed by atoms with Crippen LogP contribution >= 0.6 is 0 Å². The molecule has 0 saturated carbocycles. The molecule has 1 N–H and O–H groups in total. The largest absolute Gasteiger partial charge is 0.478 e. The molecule has 0 atom stereocenters. The minimum atomic E-state index is -1.03. The second-order valence-corrected chi connectivity index (χ2v) is 3.99. The lowest BCUT2D eigenvalue weighted by atomic mass is 9.96. The average Bonchev–Trinajstić information content (AvgIpc) is 2.39. The Morgan fingerprint density at radius 3 is 2.22 bits per heavy atom. The van der Waals surface area contributed by atoms with E-state index in [1.54, 1.807) is 12.1 Å². The molecular weight excluding hydrogens is 228 g/mol. The van der Waals surface area contributed by atoms with Crippen molar-refractivity contribution in [3.63, 3.8) is 0 Å². The molecule has 2 rings (SSSR count).